The van der Waals surface area contributed by atoms with E-state index in [0.29, 0.717) is 0 Å². The summed E-state index contributed by atoms with van der Waals surface area (Å²) < 4.78 is 1.99. The van der Waals surface area contributed by atoms with Crippen molar-refractivity contribution in [1.82, 2.24) is 15.2 Å². The van der Waals surface area contributed by atoms with Gasteiger partial charge in [0.1, 0.15) is 0 Å². The highest BCUT2D eigenvalue weighted by Gasteiger charge is 2.19. The highest BCUT2D eigenvalue weighted by atomic mass is 32.1. The largest absolute Gasteiger partial charge is 0.270 e. The zero-order chi connectivity index (χ0) is 12.4. The molecule has 92 valence electrons. The Labute approximate surface area is 105 Å². The molecule has 0 aromatic carbocycles. The van der Waals surface area contributed by atoms with Gasteiger partial charge < -0.3 is 0 Å². The maximum absolute atomic E-state index is 5.69. The van der Waals surface area contributed by atoms with Crippen molar-refractivity contribution >= 4 is 11.3 Å². The molecule has 0 bridgehead atoms. The number of aryl methyl sites for hydroxylation is 3. The Kier molecular flexibility index (Phi) is 3.61. The fraction of sp³-hybridized carbons (Fsp3) is 0.417. The predicted octanol–water partition coefficient (Wildman–Crippen LogP) is 2.13. The molecule has 0 fully saturated rings. The zero-order valence-electron chi connectivity index (χ0n) is 10.4. The van der Waals surface area contributed by atoms with Gasteiger partial charge in [-0.1, -0.05) is 0 Å². The number of nitrogens with two attached hydrogens (primary N) is 1. The van der Waals surface area contributed by atoms with Crippen molar-refractivity contribution < 1.29 is 0 Å². The summed E-state index contributed by atoms with van der Waals surface area (Å²) in [6.45, 7) is 7.04. The molecule has 0 saturated heterocycles. The van der Waals surface area contributed by atoms with Gasteiger partial charge in [-0.3, -0.25) is 10.5 Å². The molecule has 2 aromatic heterocycles. The molecule has 0 aliphatic rings. The molecule has 2 rings (SSSR count). The molecular weight excluding hydrogens is 232 g/mol. The van der Waals surface area contributed by atoms with E-state index in [-0.39, 0.29) is 6.04 Å². The molecule has 1 unspecified atom stereocenters. The summed E-state index contributed by atoms with van der Waals surface area (Å²) in [6.07, 6.45) is 0. The normalized spacial score (nSPS) is 12.9. The minimum absolute atomic E-state index is 0.0230. The van der Waals surface area contributed by atoms with Crippen LogP contribution in [0.25, 0.3) is 0 Å². The topological polar surface area (TPSA) is 55.9 Å². The van der Waals surface area contributed by atoms with Gasteiger partial charge in [0, 0.05) is 16.3 Å². The van der Waals surface area contributed by atoms with E-state index in [0.717, 1.165) is 17.9 Å². The number of hydrogen-bond donors (Lipinski definition) is 2. The molecule has 4 nitrogen and oxygen atoms in total. The van der Waals surface area contributed by atoms with Gasteiger partial charge in [-0.05, 0) is 39.0 Å². The second-order valence-corrected chi connectivity index (χ2v) is 5.39. The minimum atomic E-state index is 0.0230. The molecule has 3 N–H and O–H groups in total. The number of nitrogens with zero attached hydrogens (tertiary/aromatic N) is 2. The first-order valence-corrected chi connectivity index (χ1v) is 6.54. The molecular formula is C12H18N4S. The Hall–Kier alpha value is -1.17. The average Bonchev–Trinajstić information content (AvgIpc) is 2.87. The lowest BCUT2D eigenvalue weighted by Crippen LogP contribution is -2.30. The molecule has 2 heterocycles. The van der Waals surface area contributed by atoms with E-state index in [1.807, 2.05) is 11.6 Å². The van der Waals surface area contributed by atoms with Gasteiger partial charge in [0.2, 0.25) is 0 Å². The summed E-state index contributed by atoms with van der Waals surface area (Å²) >= 11 is 1.76. The first-order valence-electron chi connectivity index (χ1n) is 5.72. The van der Waals surface area contributed by atoms with E-state index >= 15 is 0 Å². The summed E-state index contributed by atoms with van der Waals surface area (Å²) in [5.41, 5.74) is 5.03. The van der Waals surface area contributed by atoms with Crippen molar-refractivity contribution in [3.05, 3.63) is 39.3 Å². The van der Waals surface area contributed by atoms with Crippen molar-refractivity contribution in [2.45, 2.75) is 33.4 Å². The summed E-state index contributed by atoms with van der Waals surface area (Å²) in [5.74, 6) is 5.69. The SMILES string of the molecule is CCn1nc(C)cc1C(NN)c1ccc(C)s1. The lowest BCUT2D eigenvalue weighted by Gasteiger charge is -2.15. The predicted molar refractivity (Wildman–Crippen MR) is 70.9 cm³/mol. The molecule has 5 heteroatoms. The number of nitrogens with one attached hydrogen (secondary N) is 1. The van der Waals surface area contributed by atoms with Gasteiger partial charge in [0.05, 0.1) is 17.4 Å². The summed E-state index contributed by atoms with van der Waals surface area (Å²) in [5, 5.41) is 4.46. The van der Waals surface area contributed by atoms with Crippen LogP contribution in [0.1, 0.15) is 34.1 Å². The number of aromatic nitrogens is 2. The third kappa shape index (κ3) is 2.41. The first kappa shape index (κ1) is 12.3. The Bertz CT molecular complexity index is 500. The lowest BCUT2D eigenvalue weighted by molar-refractivity contribution is 0.547. The second kappa shape index (κ2) is 5.00. The van der Waals surface area contributed by atoms with Gasteiger partial charge in [-0.25, -0.2) is 5.43 Å². The van der Waals surface area contributed by atoms with E-state index < -0.39 is 0 Å². The minimum Gasteiger partial charge on any atom is -0.270 e. The van der Waals surface area contributed by atoms with Crippen LogP contribution in [0, 0.1) is 13.8 Å². The highest BCUT2D eigenvalue weighted by molar-refractivity contribution is 7.12. The van der Waals surface area contributed by atoms with Gasteiger partial charge in [-0.15, -0.1) is 11.3 Å². The zero-order valence-corrected chi connectivity index (χ0v) is 11.2. The lowest BCUT2D eigenvalue weighted by atomic mass is 10.1. The molecule has 0 saturated carbocycles. The fourth-order valence-corrected chi connectivity index (χ4v) is 2.92. The number of rotatable bonds is 4. The summed E-state index contributed by atoms with van der Waals surface area (Å²) in [4.78, 5) is 2.51. The molecule has 0 amide bonds. The van der Waals surface area contributed by atoms with Crippen LogP contribution in [0.15, 0.2) is 18.2 Å². The van der Waals surface area contributed by atoms with E-state index in [2.05, 4.69) is 42.6 Å². The molecule has 17 heavy (non-hydrogen) atoms. The summed E-state index contributed by atoms with van der Waals surface area (Å²) in [6, 6.07) is 6.34. The van der Waals surface area contributed by atoms with E-state index in [4.69, 9.17) is 5.84 Å². The van der Waals surface area contributed by atoms with E-state index in [1.54, 1.807) is 11.3 Å². The van der Waals surface area contributed by atoms with Crippen LogP contribution >= 0.6 is 11.3 Å². The standard InChI is InChI=1S/C12H18N4S/c1-4-16-10(7-8(2)15-16)12(14-13)11-6-5-9(3)17-11/h5-7,12,14H,4,13H2,1-3H3. The van der Waals surface area contributed by atoms with Crippen LogP contribution < -0.4 is 11.3 Å². The molecule has 0 radical (unpaired) electrons. The first-order chi connectivity index (χ1) is 8.15. The Morgan fingerprint density at radius 1 is 1.47 bits per heavy atom. The molecule has 2 aromatic rings. The van der Waals surface area contributed by atoms with Gasteiger partial charge >= 0.3 is 0 Å². The maximum Gasteiger partial charge on any atom is 0.0970 e. The third-order valence-electron chi connectivity index (χ3n) is 2.74. The molecule has 0 aliphatic heterocycles. The number of hydrogen-bond acceptors (Lipinski definition) is 4. The maximum atomic E-state index is 5.69. The monoisotopic (exact) mass is 250 g/mol. The van der Waals surface area contributed by atoms with Crippen molar-refractivity contribution in [1.29, 1.82) is 0 Å². The summed E-state index contributed by atoms with van der Waals surface area (Å²) in [7, 11) is 0. The van der Waals surface area contributed by atoms with Crippen LogP contribution in [0.3, 0.4) is 0 Å². The van der Waals surface area contributed by atoms with Crippen molar-refractivity contribution in [3.8, 4) is 0 Å². The van der Waals surface area contributed by atoms with Crippen molar-refractivity contribution in [2.24, 2.45) is 5.84 Å². The molecule has 0 spiro atoms. The van der Waals surface area contributed by atoms with Crippen LogP contribution in [0.2, 0.25) is 0 Å². The second-order valence-electron chi connectivity index (χ2n) is 4.07. The number of hydrazine groups is 1. The van der Waals surface area contributed by atoms with Crippen LogP contribution in [0.4, 0.5) is 0 Å². The molecule has 0 aliphatic carbocycles. The number of thiophene rings is 1. The average molecular weight is 250 g/mol. The Balaban J connectivity index is 2.41. The van der Waals surface area contributed by atoms with Gasteiger partial charge in [0.15, 0.2) is 0 Å². The van der Waals surface area contributed by atoms with E-state index in [1.165, 1.54) is 9.75 Å². The van der Waals surface area contributed by atoms with Crippen LogP contribution in [-0.4, -0.2) is 9.78 Å². The quantitative estimate of drug-likeness (QED) is 0.645. The van der Waals surface area contributed by atoms with Crippen LogP contribution in [0.5, 0.6) is 0 Å². The molecule has 1 atom stereocenters. The smallest absolute Gasteiger partial charge is 0.0970 e. The Morgan fingerprint density at radius 2 is 2.24 bits per heavy atom. The van der Waals surface area contributed by atoms with E-state index in [9.17, 15) is 0 Å². The highest BCUT2D eigenvalue weighted by Crippen LogP contribution is 2.28. The fourth-order valence-electron chi connectivity index (χ4n) is 1.97. The van der Waals surface area contributed by atoms with Crippen molar-refractivity contribution in [3.63, 3.8) is 0 Å². The van der Waals surface area contributed by atoms with Crippen molar-refractivity contribution in [2.75, 3.05) is 0 Å². The Morgan fingerprint density at radius 3 is 2.76 bits per heavy atom. The van der Waals surface area contributed by atoms with Crippen LogP contribution in [-0.2, 0) is 6.54 Å². The third-order valence-corrected chi connectivity index (χ3v) is 3.81. The van der Waals surface area contributed by atoms with Gasteiger partial charge in [-0.2, -0.15) is 5.10 Å². The van der Waals surface area contributed by atoms with Gasteiger partial charge in [0.25, 0.3) is 0 Å².